The fourth-order valence-electron chi connectivity index (χ4n) is 1.99. The van der Waals surface area contributed by atoms with Crippen LogP contribution in [0, 0.1) is 3.57 Å². The molecule has 2 amide bonds. The van der Waals surface area contributed by atoms with Crippen LogP contribution in [0.3, 0.4) is 0 Å². The first-order valence-electron chi connectivity index (χ1n) is 6.25. The second-order valence-electron chi connectivity index (χ2n) is 4.51. The summed E-state index contributed by atoms with van der Waals surface area (Å²) in [5, 5.41) is 5.51. The SMILES string of the molecule is O=C1COc2cc(C(=O)Nc3cccc(I)c3)ccc2N1. The van der Waals surface area contributed by atoms with Gasteiger partial charge < -0.3 is 15.4 Å². The third-order valence-electron chi connectivity index (χ3n) is 2.96. The number of benzene rings is 2. The number of ether oxygens (including phenoxy) is 1. The molecule has 0 spiro atoms. The molecule has 0 fully saturated rings. The number of hydrogen-bond donors (Lipinski definition) is 2. The van der Waals surface area contributed by atoms with Crippen LogP contribution in [0.2, 0.25) is 0 Å². The fourth-order valence-corrected chi connectivity index (χ4v) is 2.53. The van der Waals surface area contributed by atoms with Gasteiger partial charge in [0.2, 0.25) is 0 Å². The van der Waals surface area contributed by atoms with E-state index in [1.54, 1.807) is 18.2 Å². The fraction of sp³-hybridized carbons (Fsp3) is 0.0667. The number of hydrogen-bond acceptors (Lipinski definition) is 3. The largest absolute Gasteiger partial charge is 0.482 e. The second kappa shape index (κ2) is 5.72. The zero-order chi connectivity index (χ0) is 14.8. The molecule has 0 saturated heterocycles. The minimum atomic E-state index is -0.222. The minimum Gasteiger partial charge on any atom is -0.482 e. The van der Waals surface area contributed by atoms with Crippen LogP contribution in [0.1, 0.15) is 10.4 Å². The lowest BCUT2D eigenvalue weighted by molar-refractivity contribution is -0.118. The van der Waals surface area contributed by atoms with Crippen LogP contribution in [0.4, 0.5) is 11.4 Å². The van der Waals surface area contributed by atoms with Gasteiger partial charge in [0.25, 0.3) is 11.8 Å². The van der Waals surface area contributed by atoms with Crippen molar-refractivity contribution in [3.63, 3.8) is 0 Å². The van der Waals surface area contributed by atoms with Gasteiger partial charge in [0.05, 0.1) is 5.69 Å². The van der Waals surface area contributed by atoms with Crippen molar-refractivity contribution in [2.24, 2.45) is 0 Å². The summed E-state index contributed by atoms with van der Waals surface area (Å²) in [5.41, 5.74) is 1.79. The summed E-state index contributed by atoms with van der Waals surface area (Å²) < 4.78 is 6.35. The van der Waals surface area contributed by atoms with Gasteiger partial charge in [-0.05, 0) is 59.0 Å². The third kappa shape index (κ3) is 3.15. The Hall–Kier alpha value is -2.09. The van der Waals surface area contributed by atoms with E-state index in [2.05, 4.69) is 33.2 Å². The van der Waals surface area contributed by atoms with Crippen molar-refractivity contribution in [3.05, 3.63) is 51.6 Å². The van der Waals surface area contributed by atoms with Crippen LogP contribution >= 0.6 is 22.6 Å². The van der Waals surface area contributed by atoms with Gasteiger partial charge in [-0.15, -0.1) is 0 Å². The highest BCUT2D eigenvalue weighted by Gasteiger charge is 2.17. The molecule has 21 heavy (non-hydrogen) atoms. The summed E-state index contributed by atoms with van der Waals surface area (Å²) >= 11 is 2.19. The smallest absolute Gasteiger partial charge is 0.262 e. The van der Waals surface area contributed by atoms with Gasteiger partial charge in [-0.2, -0.15) is 0 Å². The molecule has 0 unspecified atom stereocenters. The lowest BCUT2D eigenvalue weighted by atomic mass is 10.1. The molecular formula is C15H11IN2O3. The maximum atomic E-state index is 12.2. The zero-order valence-corrected chi connectivity index (χ0v) is 13.0. The van der Waals surface area contributed by atoms with E-state index in [0.717, 1.165) is 9.26 Å². The van der Waals surface area contributed by atoms with E-state index >= 15 is 0 Å². The quantitative estimate of drug-likeness (QED) is 0.770. The molecule has 0 aliphatic carbocycles. The average Bonchev–Trinajstić information content (AvgIpc) is 2.46. The molecular weight excluding hydrogens is 383 g/mol. The van der Waals surface area contributed by atoms with Crippen molar-refractivity contribution in [1.29, 1.82) is 0 Å². The van der Waals surface area contributed by atoms with Gasteiger partial charge in [0.1, 0.15) is 5.75 Å². The summed E-state index contributed by atoms with van der Waals surface area (Å²) in [6.07, 6.45) is 0. The maximum absolute atomic E-state index is 12.2. The third-order valence-corrected chi connectivity index (χ3v) is 3.63. The number of anilines is 2. The van der Waals surface area contributed by atoms with Crippen molar-refractivity contribution < 1.29 is 14.3 Å². The highest BCUT2D eigenvalue weighted by Crippen LogP contribution is 2.28. The number of amides is 2. The van der Waals surface area contributed by atoms with Crippen molar-refractivity contribution in [1.82, 2.24) is 0 Å². The van der Waals surface area contributed by atoms with E-state index in [-0.39, 0.29) is 18.4 Å². The van der Waals surface area contributed by atoms with Crippen molar-refractivity contribution >= 4 is 45.8 Å². The summed E-state index contributed by atoms with van der Waals surface area (Å²) in [7, 11) is 0. The van der Waals surface area contributed by atoms with Gasteiger partial charge >= 0.3 is 0 Å². The molecule has 1 aliphatic rings. The van der Waals surface area contributed by atoms with Crippen molar-refractivity contribution in [3.8, 4) is 5.75 Å². The van der Waals surface area contributed by atoms with Crippen molar-refractivity contribution in [2.75, 3.05) is 17.2 Å². The first-order chi connectivity index (χ1) is 10.1. The molecule has 6 heteroatoms. The Kier molecular flexibility index (Phi) is 3.78. The Balaban J connectivity index is 1.81. The standard InChI is InChI=1S/C15H11IN2O3/c16-10-2-1-3-11(7-10)17-15(20)9-4-5-12-13(6-9)21-8-14(19)18-12/h1-7H,8H2,(H,17,20)(H,18,19). The monoisotopic (exact) mass is 394 g/mol. The number of rotatable bonds is 2. The summed E-state index contributed by atoms with van der Waals surface area (Å²) in [6.45, 7) is -0.0328. The molecule has 0 atom stereocenters. The zero-order valence-electron chi connectivity index (χ0n) is 10.9. The summed E-state index contributed by atoms with van der Waals surface area (Å²) in [6, 6.07) is 12.5. The molecule has 0 radical (unpaired) electrons. The predicted molar refractivity (Wildman–Crippen MR) is 87.7 cm³/mol. The van der Waals surface area contributed by atoms with Gasteiger partial charge in [-0.1, -0.05) is 6.07 Å². The highest BCUT2D eigenvalue weighted by atomic mass is 127. The second-order valence-corrected chi connectivity index (χ2v) is 5.76. The normalized spacial score (nSPS) is 12.9. The number of nitrogens with one attached hydrogen (secondary N) is 2. The van der Waals surface area contributed by atoms with Crippen LogP contribution in [0.5, 0.6) is 5.75 Å². The summed E-state index contributed by atoms with van der Waals surface area (Å²) in [4.78, 5) is 23.4. The van der Waals surface area contributed by atoms with Crippen LogP contribution in [0.25, 0.3) is 0 Å². The van der Waals surface area contributed by atoms with E-state index < -0.39 is 0 Å². The molecule has 2 aromatic carbocycles. The van der Waals surface area contributed by atoms with E-state index in [1.165, 1.54) is 0 Å². The predicted octanol–water partition coefficient (Wildman–Crippen LogP) is 2.87. The Morgan fingerprint density at radius 2 is 2.10 bits per heavy atom. The Labute approximate surface area is 134 Å². The molecule has 106 valence electrons. The molecule has 0 aromatic heterocycles. The Morgan fingerprint density at radius 3 is 2.90 bits per heavy atom. The van der Waals surface area contributed by atoms with Crippen LogP contribution in [0.15, 0.2) is 42.5 Å². The maximum Gasteiger partial charge on any atom is 0.262 e. The summed E-state index contributed by atoms with van der Waals surface area (Å²) in [5.74, 6) is 0.0868. The Morgan fingerprint density at radius 1 is 1.24 bits per heavy atom. The van der Waals surface area contributed by atoms with Crippen molar-refractivity contribution in [2.45, 2.75) is 0 Å². The molecule has 3 rings (SSSR count). The molecule has 1 heterocycles. The van der Waals surface area contributed by atoms with Gasteiger partial charge in [-0.3, -0.25) is 9.59 Å². The number of halogens is 1. The van der Waals surface area contributed by atoms with Crippen LogP contribution in [-0.4, -0.2) is 18.4 Å². The minimum absolute atomic E-state index is 0.0328. The lowest BCUT2D eigenvalue weighted by Crippen LogP contribution is -2.25. The lowest BCUT2D eigenvalue weighted by Gasteiger charge is -2.18. The molecule has 0 bridgehead atoms. The molecule has 2 N–H and O–H groups in total. The Bertz CT molecular complexity index is 731. The van der Waals surface area contributed by atoms with E-state index in [0.29, 0.717) is 17.0 Å². The average molecular weight is 394 g/mol. The van der Waals surface area contributed by atoms with Gasteiger partial charge in [0.15, 0.2) is 6.61 Å². The van der Waals surface area contributed by atoms with E-state index in [1.807, 2.05) is 24.3 Å². The first-order valence-corrected chi connectivity index (χ1v) is 7.33. The molecule has 0 saturated carbocycles. The van der Waals surface area contributed by atoms with Crippen LogP contribution < -0.4 is 15.4 Å². The first kappa shape index (κ1) is 13.9. The topological polar surface area (TPSA) is 67.4 Å². The molecule has 1 aliphatic heterocycles. The van der Waals surface area contributed by atoms with Gasteiger partial charge in [-0.25, -0.2) is 0 Å². The van der Waals surface area contributed by atoms with Gasteiger partial charge in [0, 0.05) is 14.8 Å². The number of carbonyl (C=O) groups is 2. The molecule has 5 nitrogen and oxygen atoms in total. The van der Waals surface area contributed by atoms with E-state index in [4.69, 9.17) is 4.74 Å². The van der Waals surface area contributed by atoms with E-state index in [9.17, 15) is 9.59 Å². The number of carbonyl (C=O) groups excluding carboxylic acids is 2. The molecule has 2 aromatic rings. The highest BCUT2D eigenvalue weighted by molar-refractivity contribution is 14.1. The van der Waals surface area contributed by atoms with Crippen LogP contribution in [-0.2, 0) is 4.79 Å². The number of fused-ring (bicyclic) bond motifs is 1.